The maximum absolute atomic E-state index is 11.3. The number of hydrogen-bond acceptors (Lipinski definition) is 3. The average molecular weight is 201 g/mol. The number of methoxy groups -OCH3 is 1. The molecule has 0 saturated heterocycles. The van der Waals surface area contributed by atoms with E-state index in [4.69, 9.17) is 10.5 Å². The van der Waals surface area contributed by atoms with Gasteiger partial charge in [0, 0.05) is 0 Å². The molecule has 0 atom stereocenters. The standard InChI is InChI=1S/C11H23NO2/c1-4-6-11(9-12,7-5-2)8-10(13)14-3/h4-9,12H2,1-3H3. The zero-order chi connectivity index (χ0) is 11.0. The van der Waals surface area contributed by atoms with Crippen LogP contribution >= 0.6 is 0 Å². The van der Waals surface area contributed by atoms with Crippen molar-refractivity contribution in [2.75, 3.05) is 13.7 Å². The minimum Gasteiger partial charge on any atom is -0.469 e. The molecule has 0 rings (SSSR count). The summed E-state index contributed by atoms with van der Waals surface area (Å²) in [5, 5.41) is 0. The molecule has 0 heterocycles. The molecule has 0 saturated carbocycles. The molecule has 0 aliphatic carbocycles. The van der Waals surface area contributed by atoms with E-state index in [9.17, 15) is 4.79 Å². The van der Waals surface area contributed by atoms with E-state index in [1.54, 1.807) is 0 Å². The van der Waals surface area contributed by atoms with E-state index < -0.39 is 0 Å². The lowest BCUT2D eigenvalue weighted by atomic mass is 9.76. The monoisotopic (exact) mass is 201 g/mol. The molecule has 84 valence electrons. The van der Waals surface area contributed by atoms with Gasteiger partial charge in [-0.1, -0.05) is 26.7 Å². The SMILES string of the molecule is CCCC(CN)(CCC)CC(=O)OC. The molecule has 0 aromatic rings. The van der Waals surface area contributed by atoms with E-state index in [0.717, 1.165) is 25.7 Å². The van der Waals surface area contributed by atoms with Gasteiger partial charge in [-0.25, -0.2) is 0 Å². The van der Waals surface area contributed by atoms with Gasteiger partial charge in [0.15, 0.2) is 0 Å². The Hall–Kier alpha value is -0.570. The Morgan fingerprint density at radius 3 is 2.07 bits per heavy atom. The van der Waals surface area contributed by atoms with Gasteiger partial charge in [0.25, 0.3) is 0 Å². The van der Waals surface area contributed by atoms with Gasteiger partial charge in [-0.05, 0) is 24.8 Å². The van der Waals surface area contributed by atoms with Crippen LogP contribution in [-0.4, -0.2) is 19.6 Å². The predicted octanol–water partition coefficient (Wildman–Crippen LogP) is 2.09. The maximum Gasteiger partial charge on any atom is 0.306 e. The van der Waals surface area contributed by atoms with Crippen molar-refractivity contribution in [2.45, 2.75) is 46.0 Å². The summed E-state index contributed by atoms with van der Waals surface area (Å²) in [6.07, 6.45) is 4.60. The van der Waals surface area contributed by atoms with E-state index in [-0.39, 0.29) is 11.4 Å². The molecule has 0 unspecified atom stereocenters. The predicted molar refractivity (Wildman–Crippen MR) is 57.9 cm³/mol. The Balaban J connectivity index is 4.39. The molecule has 3 nitrogen and oxygen atoms in total. The number of rotatable bonds is 7. The summed E-state index contributed by atoms with van der Waals surface area (Å²) in [7, 11) is 1.43. The van der Waals surface area contributed by atoms with Crippen molar-refractivity contribution in [3.8, 4) is 0 Å². The second-order valence-corrected chi connectivity index (χ2v) is 3.96. The van der Waals surface area contributed by atoms with E-state index >= 15 is 0 Å². The second-order valence-electron chi connectivity index (χ2n) is 3.96. The number of esters is 1. The fourth-order valence-electron chi connectivity index (χ4n) is 2.02. The van der Waals surface area contributed by atoms with Crippen LogP contribution in [0.4, 0.5) is 0 Å². The Morgan fingerprint density at radius 2 is 1.79 bits per heavy atom. The van der Waals surface area contributed by atoms with E-state index in [1.165, 1.54) is 7.11 Å². The third kappa shape index (κ3) is 4.09. The quantitative estimate of drug-likeness (QED) is 0.642. The fraction of sp³-hybridized carbons (Fsp3) is 0.909. The highest BCUT2D eigenvalue weighted by Gasteiger charge is 2.29. The molecule has 0 aliphatic heterocycles. The zero-order valence-corrected chi connectivity index (χ0v) is 9.64. The van der Waals surface area contributed by atoms with Crippen molar-refractivity contribution in [2.24, 2.45) is 11.1 Å². The highest BCUT2D eigenvalue weighted by molar-refractivity contribution is 5.70. The van der Waals surface area contributed by atoms with Crippen molar-refractivity contribution in [1.82, 2.24) is 0 Å². The summed E-state index contributed by atoms with van der Waals surface area (Å²) in [6.45, 7) is 4.82. The van der Waals surface area contributed by atoms with Crippen LogP contribution in [0.25, 0.3) is 0 Å². The van der Waals surface area contributed by atoms with Gasteiger partial charge >= 0.3 is 5.97 Å². The lowest BCUT2D eigenvalue weighted by molar-refractivity contribution is -0.143. The van der Waals surface area contributed by atoms with Crippen molar-refractivity contribution < 1.29 is 9.53 Å². The molecule has 0 bridgehead atoms. The van der Waals surface area contributed by atoms with Crippen LogP contribution in [0.1, 0.15) is 46.0 Å². The van der Waals surface area contributed by atoms with Crippen LogP contribution in [0.15, 0.2) is 0 Å². The van der Waals surface area contributed by atoms with Crippen LogP contribution < -0.4 is 5.73 Å². The van der Waals surface area contributed by atoms with Gasteiger partial charge in [-0.15, -0.1) is 0 Å². The average Bonchev–Trinajstić information content (AvgIpc) is 2.18. The number of carbonyl (C=O) groups is 1. The largest absolute Gasteiger partial charge is 0.469 e. The molecule has 0 radical (unpaired) electrons. The normalized spacial score (nSPS) is 11.4. The van der Waals surface area contributed by atoms with Gasteiger partial charge in [-0.2, -0.15) is 0 Å². The second kappa shape index (κ2) is 6.82. The van der Waals surface area contributed by atoms with Gasteiger partial charge in [0.05, 0.1) is 13.5 Å². The van der Waals surface area contributed by atoms with Crippen molar-refractivity contribution in [3.63, 3.8) is 0 Å². The third-order valence-corrected chi connectivity index (χ3v) is 2.74. The summed E-state index contributed by atoms with van der Waals surface area (Å²) >= 11 is 0. The minimum absolute atomic E-state index is 0.0312. The number of nitrogens with two attached hydrogens (primary N) is 1. The first-order valence-electron chi connectivity index (χ1n) is 5.41. The third-order valence-electron chi connectivity index (χ3n) is 2.74. The first-order chi connectivity index (χ1) is 6.64. The Kier molecular flexibility index (Phi) is 6.54. The van der Waals surface area contributed by atoms with Gasteiger partial charge < -0.3 is 10.5 Å². The van der Waals surface area contributed by atoms with Gasteiger partial charge in [0.1, 0.15) is 0 Å². The van der Waals surface area contributed by atoms with Crippen LogP contribution in [-0.2, 0) is 9.53 Å². The van der Waals surface area contributed by atoms with E-state index in [0.29, 0.717) is 13.0 Å². The molecule has 0 fully saturated rings. The lowest BCUT2D eigenvalue weighted by Gasteiger charge is -2.30. The zero-order valence-electron chi connectivity index (χ0n) is 9.64. The molecule has 2 N–H and O–H groups in total. The van der Waals surface area contributed by atoms with E-state index in [1.807, 2.05) is 0 Å². The molecule has 0 spiro atoms. The molecule has 3 heteroatoms. The minimum atomic E-state index is -0.141. The van der Waals surface area contributed by atoms with Crippen LogP contribution in [0.2, 0.25) is 0 Å². The first-order valence-corrected chi connectivity index (χ1v) is 5.41. The van der Waals surface area contributed by atoms with Crippen LogP contribution in [0.5, 0.6) is 0 Å². The van der Waals surface area contributed by atoms with Gasteiger partial charge in [0.2, 0.25) is 0 Å². The fourth-order valence-corrected chi connectivity index (χ4v) is 2.02. The van der Waals surface area contributed by atoms with Crippen molar-refractivity contribution >= 4 is 5.97 Å². The first kappa shape index (κ1) is 13.4. The number of hydrogen-bond donors (Lipinski definition) is 1. The summed E-state index contributed by atoms with van der Waals surface area (Å²) in [6, 6.07) is 0. The summed E-state index contributed by atoms with van der Waals surface area (Å²) in [4.78, 5) is 11.3. The smallest absolute Gasteiger partial charge is 0.306 e. The highest BCUT2D eigenvalue weighted by Crippen LogP contribution is 2.32. The summed E-state index contributed by atoms with van der Waals surface area (Å²) in [5.41, 5.74) is 5.74. The summed E-state index contributed by atoms with van der Waals surface area (Å²) < 4.78 is 4.71. The topological polar surface area (TPSA) is 52.3 Å². The Morgan fingerprint density at radius 1 is 1.29 bits per heavy atom. The van der Waals surface area contributed by atoms with E-state index in [2.05, 4.69) is 13.8 Å². The summed E-state index contributed by atoms with van der Waals surface area (Å²) in [5.74, 6) is -0.141. The van der Waals surface area contributed by atoms with Crippen molar-refractivity contribution in [3.05, 3.63) is 0 Å². The molecule has 0 amide bonds. The molecule has 0 aromatic heterocycles. The Labute approximate surface area is 87.0 Å². The van der Waals surface area contributed by atoms with Gasteiger partial charge in [-0.3, -0.25) is 4.79 Å². The molecule has 14 heavy (non-hydrogen) atoms. The molecule has 0 aliphatic rings. The number of ether oxygens (including phenoxy) is 1. The van der Waals surface area contributed by atoms with Crippen molar-refractivity contribution in [1.29, 1.82) is 0 Å². The molecule has 0 aromatic carbocycles. The Bertz CT molecular complexity index is 163. The lowest BCUT2D eigenvalue weighted by Crippen LogP contribution is -2.33. The maximum atomic E-state index is 11.3. The number of carbonyl (C=O) groups excluding carboxylic acids is 1. The highest BCUT2D eigenvalue weighted by atomic mass is 16.5. The van der Waals surface area contributed by atoms with Crippen LogP contribution in [0.3, 0.4) is 0 Å². The molecular weight excluding hydrogens is 178 g/mol. The molecular formula is C11H23NO2. The van der Waals surface area contributed by atoms with Crippen LogP contribution in [0, 0.1) is 5.41 Å².